The molecular weight excluding hydrogens is 254 g/mol. The van der Waals surface area contributed by atoms with E-state index in [-0.39, 0.29) is 23.7 Å². The summed E-state index contributed by atoms with van der Waals surface area (Å²) in [5, 5.41) is 0. The fraction of sp³-hybridized carbons (Fsp3) is 0.500. The van der Waals surface area contributed by atoms with Crippen molar-refractivity contribution in [2.24, 2.45) is 5.73 Å². The molecule has 18 heavy (non-hydrogen) atoms. The summed E-state index contributed by atoms with van der Waals surface area (Å²) < 4.78 is 33.8. The van der Waals surface area contributed by atoms with Crippen LogP contribution < -0.4 is 15.2 Å². The van der Waals surface area contributed by atoms with E-state index in [2.05, 4.69) is 0 Å². The summed E-state index contributed by atoms with van der Waals surface area (Å²) in [5.74, 6) is 1.69. The molecule has 0 saturated carbocycles. The highest BCUT2D eigenvalue weighted by atomic mass is 32.2. The Bertz CT molecular complexity index is 569. The first-order valence-electron chi connectivity index (χ1n) is 5.93. The molecule has 1 aromatic rings. The molecule has 5 nitrogen and oxygen atoms in total. The second-order valence-electron chi connectivity index (χ2n) is 4.76. The van der Waals surface area contributed by atoms with Crippen molar-refractivity contribution in [3.8, 4) is 11.5 Å². The Labute approximate surface area is 106 Å². The maximum Gasteiger partial charge on any atom is 0.154 e. The van der Waals surface area contributed by atoms with Gasteiger partial charge in [0, 0.05) is 11.6 Å². The summed E-state index contributed by atoms with van der Waals surface area (Å²) >= 11 is 0. The number of ether oxygens (including phenoxy) is 2. The Balaban J connectivity index is 1.75. The van der Waals surface area contributed by atoms with Crippen LogP contribution in [0.2, 0.25) is 0 Å². The van der Waals surface area contributed by atoms with Crippen molar-refractivity contribution in [3.63, 3.8) is 0 Å². The van der Waals surface area contributed by atoms with Crippen LogP contribution >= 0.6 is 0 Å². The van der Waals surface area contributed by atoms with E-state index in [1.54, 1.807) is 6.07 Å². The van der Waals surface area contributed by atoms with Gasteiger partial charge in [-0.3, -0.25) is 0 Å². The topological polar surface area (TPSA) is 78.6 Å². The van der Waals surface area contributed by atoms with Crippen LogP contribution in [0.1, 0.15) is 18.0 Å². The molecule has 3 rings (SSSR count). The minimum atomic E-state index is -2.91. The molecule has 2 atom stereocenters. The molecule has 2 aliphatic heterocycles. The largest absolute Gasteiger partial charge is 0.491 e. The van der Waals surface area contributed by atoms with Crippen molar-refractivity contribution >= 4 is 9.84 Å². The zero-order chi connectivity index (χ0) is 12.8. The highest BCUT2D eigenvalue weighted by Gasteiger charge is 2.30. The van der Waals surface area contributed by atoms with Gasteiger partial charge in [0.05, 0.1) is 17.5 Å². The molecule has 0 spiro atoms. The van der Waals surface area contributed by atoms with Gasteiger partial charge in [0.1, 0.15) is 24.2 Å². The van der Waals surface area contributed by atoms with Gasteiger partial charge in [-0.1, -0.05) is 0 Å². The smallest absolute Gasteiger partial charge is 0.154 e. The van der Waals surface area contributed by atoms with E-state index < -0.39 is 9.84 Å². The Morgan fingerprint density at radius 1 is 1.39 bits per heavy atom. The van der Waals surface area contributed by atoms with Gasteiger partial charge in [0.25, 0.3) is 0 Å². The Kier molecular flexibility index (Phi) is 2.71. The highest BCUT2D eigenvalue weighted by molar-refractivity contribution is 7.91. The van der Waals surface area contributed by atoms with Crippen molar-refractivity contribution in [2.75, 3.05) is 18.1 Å². The fourth-order valence-corrected chi connectivity index (χ4v) is 3.92. The number of sulfone groups is 1. The van der Waals surface area contributed by atoms with Gasteiger partial charge in [-0.15, -0.1) is 0 Å². The number of nitrogens with two attached hydrogens (primary N) is 1. The Morgan fingerprint density at radius 3 is 2.94 bits per heavy atom. The summed E-state index contributed by atoms with van der Waals surface area (Å²) in [4.78, 5) is 0. The standard InChI is InChI=1S/C12H15NO4S/c13-11-6-16-12-5-8(1-2-10(11)12)17-9-3-4-18(14,15)7-9/h1-2,5,9,11H,3-4,6-7,13H2. The molecular formula is C12H15NO4S. The van der Waals surface area contributed by atoms with Gasteiger partial charge in [-0.25, -0.2) is 8.42 Å². The summed E-state index contributed by atoms with van der Waals surface area (Å²) in [5.41, 5.74) is 6.82. The van der Waals surface area contributed by atoms with E-state index >= 15 is 0 Å². The molecule has 2 heterocycles. The predicted molar refractivity (Wildman–Crippen MR) is 66.6 cm³/mol. The molecule has 0 aliphatic carbocycles. The van der Waals surface area contributed by atoms with Crippen LogP contribution in [0, 0.1) is 0 Å². The van der Waals surface area contributed by atoms with Gasteiger partial charge < -0.3 is 15.2 Å². The lowest BCUT2D eigenvalue weighted by Gasteiger charge is -2.12. The number of hydrogen-bond acceptors (Lipinski definition) is 5. The lowest BCUT2D eigenvalue weighted by atomic mass is 10.1. The van der Waals surface area contributed by atoms with Crippen LogP contribution in [0.3, 0.4) is 0 Å². The van der Waals surface area contributed by atoms with Crippen molar-refractivity contribution in [1.29, 1.82) is 0 Å². The first kappa shape index (κ1) is 11.8. The van der Waals surface area contributed by atoms with Gasteiger partial charge in [0.2, 0.25) is 0 Å². The van der Waals surface area contributed by atoms with Gasteiger partial charge >= 0.3 is 0 Å². The molecule has 0 radical (unpaired) electrons. The normalized spacial score (nSPS) is 28.7. The molecule has 2 aliphatic rings. The van der Waals surface area contributed by atoms with Crippen LogP contribution in [0.15, 0.2) is 18.2 Å². The first-order chi connectivity index (χ1) is 8.53. The molecule has 2 N–H and O–H groups in total. The third kappa shape index (κ3) is 2.18. The molecule has 0 amide bonds. The number of rotatable bonds is 2. The second kappa shape index (κ2) is 4.13. The maximum atomic E-state index is 11.3. The molecule has 0 aromatic heterocycles. The zero-order valence-corrected chi connectivity index (χ0v) is 10.7. The van der Waals surface area contributed by atoms with Gasteiger partial charge in [-0.05, 0) is 18.6 Å². The molecule has 6 heteroatoms. The zero-order valence-electron chi connectivity index (χ0n) is 9.83. The van der Waals surface area contributed by atoms with Crippen LogP contribution in [-0.2, 0) is 9.84 Å². The van der Waals surface area contributed by atoms with E-state index in [1.807, 2.05) is 12.1 Å². The van der Waals surface area contributed by atoms with E-state index in [0.717, 1.165) is 11.3 Å². The summed E-state index contributed by atoms with van der Waals surface area (Å²) in [7, 11) is -2.91. The Morgan fingerprint density at radius 2 is 2.22 bits per heavy atom. The van der Waals surface area contributed by atoms with E-state index in [4.69, 9.17) is 15.2 Å². The van der Waals surface area contributed by atoms with Crippen molar-refractivity contribution in [2.45, 2.75) is 18.6 Å². The summed E-state index contributed by atoms with van der Waals surface area (Å²) in [6.45, 7) is 0.483. The van der Waals surface area contributed by atoms with Crippen molar-refractivity contribution < 1.29 is 17.9 Å². The van der Waals surface area contributed by atoms with Crippen molar-refractivity contribution in [1.82, 2.24) is 0 Å². The lowest BCUT2D eigenvalue weighted by Crippen LogP contribution is -2.17. The quantitative estimate of drug-likeness (QED) is 0.852. The third-order valence-corrected chi connectivity index (χ3v) is 5.03. The molecule has 1 fully saturated rings. The fourth-order valence-electron chi connectivity index (χ4n) is 2.33. The van der Waals surface area contributed by atoms with Crippen LogP contribution in [-0.4, -0.2) is 32.6 Å². The maximum absolute atomic E-state index is 11.3. The number of benzene rings is 1. The summed E-state index contributed by atoms with van der Waals surface area (Å²) in [6.07, 6.45) is 0.308. The Hall–Kier alpha value is -1.27. The highest BCUT2D eigenvalue weighted by Crippen LogP contribution is 2.34. The van der Waals surface area contributed by atoms with E-state index in [1.165, 1.54) is 0 Å². The van der Waals surface area contributed by atoms with E-state index in [0.29, 0.717) is 18.8 Å². The van der Waals surface area contributed by atoms with Crippen LogP contribution in [0.25, 0.3) is 0 Å². The molecule has 1 aromatic carbocycles. The van der Waals surface area contributed by atoms with Gasteiger partial charge in [0.15, 0.2) is 9.84 Å². The third-order valence-electron chi connectivity index (χ3n) is 3.30. The predicted octanol–water partition coefficient (Wildman–Crippen LogP) is 0.645. The summed E-state index contributed by atoms with van der Waals surface area (Å²) in [6, 6.07) is 5.40. The molecule has 0 bridgehead atoms. The minimum absolute atomic E-state index is 0.0825. The number of fused-ring (bicyclic) bond motifs is 1. The second-order valence-corrected chi connectivity index (χ2v) is 6.99. The molecule has 98 valence electrons. The average molecular weight is 269 g/mol. The average Bonchev–Trinajstić information content (AvgIpc) is 2.83. The lowest BCUT2D eigenvalue weighted by molar-refractivity contribution is 0.227. The first-order valence-corrected chi connectivity index (χ1v) is 7.75. The van der Waals surface area contributed by atoms with Crippen LogP contribution in [0.4, 0.5) is 0 Å². The molecule has 2 unspecified atom stereocenters. The number of hydrogen-bond donors (Lipinski definition) is 1. The van der Waals surface area contributed by atoms with Gasteiger partial charge in [-0.2, -0.15) is 0 Å². The SMILES string of the molecule is NC1COc2cc(OC3CCS(=O)(=O)C3)ccc21. The van der Waals surface area contributed by atoms with Crippen LogP contribution in [0.5, 0.6) is 11.5 Å². The molecule has 1 saturated heterocycles. The van der Waals surface area contributed by atoms with E-state index in [9.17, 15) is 8.42 Å². The monoisotopic (exact) mass is 269 g/mol. The van der Waals surface area contributed by atoms with Crippen molar-refractivity contribution in [3.05, 3.63) is 23.8 Å². The minimum Gasteiger partial charge on any atom is -0.491 e.